The fraction of sp³-hybridized carbons (Fsp3) is 0.158. The molecule has 0 atom stereocenters. The molecule has 2 nitrogen and oxygen atoms in total. The van der Waals surface area contributed by atoms with E-state index in [-0.39, 0.29) is 0 Å². The summed E-state index contributed by atoms with van der Waals surface area (Å²) in [5.41, 5.74) is 7.71. The Bertz CT molecular complexity index is 801. The molecule has 0 radical (unpaired) electrons. The normalized spacial score (nSPS) is 12.6. The summed E-state index contributed by atoms with van der Waals surface area (Å²) in [6, 6.07) is 19.1. The van der Waals surface area contributed by atoms with Gasteiger partial charge in [0.15, 0.2) is 0 Å². The van der Waals surface area contributed by atoms with E-state index in [1.54, 1.807) is 7.11 Å². The van der Waals surface area contributed by atoms with Crippen LogP contribution in [0.3, 0.4) is 0 Å². The number of rotatable bonds is 2. The summed E-state index contributed by atoms with van der Waals surface area (Å²) in [5.74, 6) is 0.907. The van der Waals surface area contributed by atoms with Gasteiger partial charge in [0.25, 0.3) is 0 Å². The molecule has 0 fully saturated rings. The monoisotopic (exact) mass is 275 g/mol. The van der Waals surface area contributed by atoms with Gasteiger partial charge in [-0.1, -0.05) is 36.4 Å². The summed E-state index contributed by atoms with van der Waals surface area (Å²) >= 11 is 0. The average Bonchev–Trinajstić information content (AvgIpc) is 2.99. The molecule has 2 aromatic carbocycles. The minimum Gasteiger partial charge on any atom is -0.496 e. The molecule has 0 amide bonds. The number of aromatic nitrogens is 1. The van der Waals surface area contributed by atoms with Crippen molar-refractivity contribution in [2.75, 3.05) is 7.11 Å². The van der Waals surface area contributed by atoms with Crippen molar-refractivity contribution in [3.8, 4) is 28.1 Å². The Morgan fingerprint density at radius 2 is 1.62 bits per heavy atom. The van der Waals surface area contributed by atoms with Crippen LogP contribution < -0.4 is 4.74 Å². The molecule has 21 heavy (non-hydrogen) atoms. The third kappa shape index (κ3) is 1.95. The lowest BCUT2D eigenvalue weighted by Gasteiger charge is -2.15. The minimum absolute atomic E-state index is 0.907. The zero-order valence-electron chi connectivity index (χ0n) is 12.0. The number of ether oxygens (including phenoxy) is 1. The maximum atomic E-state index is 5.48. The van der Waals surface area contributed by atoms with Gasteiger partial charge in [-0.05, 0) is 42.2 Å². The van der Waals surface area contributed by atoms with Crippen LogP contribution in [0.1, 0.15) is 11.3 Å². The van der Waals surface area contributed by atoms with Crippen LogP contribution in [0.4, 0.5) is 0 Å². The third-order valence-electron chi connectivity index (χ3n) is 4.25. The van der Waals surface area contributed by atoms with Gasteiger partial charge in [0, 0.05) is 22.5 Å². The molecule has 0 unspecified atom stereocenters. The van der Waals surface area contributed by atoms with Crippen molar-refractivity contribution in [3.05, 3.63) is 65.9 Å². The van der Waals surface area contributed by atoms with Crippen LogP contribution in [0.25, 0.3) is 22.4 Å². The summed E-state index contributed by atoms with van der Waals surface area (Å²) < 4.78 is 5.48. The Hall–Kier alpha value is -2.48. The molecule has 0 saturated carbocycles. The van der Waals surface area contributed by atoms with Crippen LogP contribution in [0, 0.1) is 0 Å². The number of aryl methyl sites for hydroxylation is 2. The van der Waals surface area contributed by atoms with Crippen molar-refractivity contribution in [1.82, 2.24) is 4.98 Å². The predicted octanol–water partition coefficient (Wildman–Crippen LogP) is 4.46. The minimum atomic E-state index is 0.907. The number of H-pyrrole nitrogens is 1. The first-order valence-electron chi connectivity index (χ1n) is 7.30. The quantitative estimate of drug-likeness (QED) is 0.734. The van der Waals surface area contributed by atoms with Gasteiger partial charge in [-0.3, -0.25) is 0 Å². The van der Waals surface area contributed by atoms with Crippen LogP contribution in [0.15, 0.2) is 54.6 Å². The van der Waals surface area contributed by atoms with E-state index in [1.807, 2.05) is 18.2 Å². The van der Waals surface area contributed by atoms with Crippen molar-refractivity contribution in [3.63, 3.8) is 0 Å². The van der Waals surface area contributed by atoms with Crippen molar-refractivity contribution in [1.29, 1.82) is 0 Å². The Labute approximate surface area is 124 Å². The van der Waals surface area contributed by atoms with Crippen molar-refractivity contribution < 1.29 is 4.74 Å². The summed E-state index contributed by atoms with van der Waals surface area (Å²) in [6.45, 7) is 0. The molecule has 1 aliphatic carbocycles. The van der Waals surface area contributed by atoms with E-state index < -0.39 is 0 Å². The molecule has 3 aromatic rings. The van der Waals surface area contributed by atoms with Gasteiger partial charge in [-0.2, -0.15) is 0 Å². The molecule has 2 heteroatoms. The van der Waals surface area contributed by atoms with E-state index in [0.29, 0.717) is 0 Å². The highest BCUT2D eigenvalue weighted by molar-refractivity contribution is 5.79. The fourth-order valence-electron chi connectivity index (χ4n) is 3.21. The molecule has 104 valence electrons. The first-order valence-corrected chi connectivity index (χ1v) is 7.30. The number of aromatic amines is 1. The Balaban J connectivity index is 1.87. The summed E-state index contributed by atoms with van der Waals surface area (Å²) in [7, 11) is 1.72. The summed E-state index contributed by atoms with van der Waals surface area (Å²) in [6.07, 6.45) is 2.18. The number of hydrogen-bond donors (Lipinski definition) is 1. The lowest BCUT2D eigenvalue weighted by atomic mass is 9.90. The van der Waals surface area contributed by atoms with Crippen molar-refractivity contribution in [2.24, 2.45) is 0 Å². The second kappa shape index (κ2) is 4.81. The third-order valence-corrected chi connectivity index (χ3v) is 4.25. The number of fused-ring (bicyclic) bond motifs is 3. The zero-order valence-corrected chi connectivity index (χ0v) is 12.0. The topological polar surface area (TPSA) is 25.0 Å². The van der Waals surface area contributed by atoms with E-state index in [0.717, 1.165) is 29.8 Å². The number of para-hydroxylation sites is 1. The van der Waals surface area contributed by atoms with Gasteiger partial charge in [-0.25, -0.2) is 0 Å². The molecule has 1 aliphatic rings. The van der Waals surface area contributed by atoms with Crippen molar-refractivity contribution >= 4 is 0 Å². The largest absolute Gasteiger partial charge is 0.496 e. The SMILES string of the molecule is COc1ccccc1-c1cc2c([nH]1)CCc1ccccc1-2. The highest BCUT2D eigenvalue weighted by Gasteiger charge is 2.19. The van der Waals surface area contributed by atoms with Gasteiger partial charge < -0.3 is 9.72 Å². The number of methoxy groups -OCH3 is 1. The summed E-state index contributed by atoms with van der Waals surface area (Å²) in [5, 5.41) is 0. The Morgan fingerprint density at radius 3 is 2.48 bits per heavy atom. The second-order valence-corrected chi connectivity index (χ2v) is 5.43. The molecular weight excluding hydrogens is 258 g/mol. The molecule has 0 saturated heterocycles. The Kier molecular flexibility index (Phi) is 2.81. The fourth-order valence-corrected chi connectivity index (χ4v) is 3.21. The maximum Gasteiger partial charge on any atom is 0.128 e. The first-order chi connectivity index (χ1) is 10.4. The standard InChI is InChI=1S/C19H17NO/c1-21-19-9-5-4-8-15(19)18-12-16-14-7-3-2-6-13(14)10-11-17(16)20-18/h2-9,12,20H,10-11H2,1H3. The van der Waals surface area contributed by atoms with Gasteiger partial charge in [0.1, 0.15) is 5.75 Å². The summed E-state index contributed by atoms with van der Waals surface area (Å²) in [4.78, 5) is 3.59. The number of nitrogens with one attached hydrogen (secondary N) is 1. The maximum absolute atomic E-state index is 5.48. The molecule has 0 spiro atoms. The molecule has 1 heterocycles. The number of hydrogen-bond acceptors (Lipinski definition) is 1. The highest BCUT2D eigenvalue weighted by atomic mass is 16.5. The van der Waals surface area contributed by atoms with E-state index >= 15 is 0 Å². The zero-order chi connectivity index (χ0) is 14.2. The lowest BCUT2D eigenvalue weighted by molar-refractivity contribution is 0.416. The molecule has 0 bridgehead atoms. The molecule has 4 rings (SSSR count). The van der Waals surface area contributed by atoms with Gasteiger partial charge >= 0.3 is 0 Å². The highest BCUT2D eigenvalue weighted by Crippen LogP contribution is 2.38. The van der Waals surface area contributed by atoms with Crippen LogP contribution in [0.2, 0.25) is 0 Å². The molecular formula is C19H17NO. The lowest BCUT2D eigenvalue weighted by Crippen LogP contribution is -2.02. The van der Waals surface area contributed by atoms with Crippen LogP contribution in [-0.2, 0) is 12.8 Å². The van der Waals surface area contributed by atoms with Crippen LogP contribution in [0.5, 0.6) is 5.75 Å². The van der Waals surface area contributed by atoms with E-state index in [1.165, 1.54) is 22.4 Å². The Morgan fingerprint density at radius 1 is 0.857 bits per heavy atom. The van der Waals surface area contributed by atoms with Crippen LogP contribution >= 0.6 is 0 Å². The van der Waals surface area contributed by atoms with E-state index in [2.05, 4.69) is 41.4 Å². The second-order valence-electron chi connectivity index (χ2n) is 5.43. The van der Waals surface area contributed by atoms with Gasteiger partial charge in [-0.15, -0.1) is 0 Å². The van der Waals surface area contributed by atoms with Crippen molar-refractivity contribution in [2.45, 2.75) is 12.8 Å². The molecule has 1 N–H and O–H groups in total. The van der Waals surface area contributed by atoms with Gasteiger partial charge in [0.05, 0.1) is 7.11 Å². The van der Waals surface area contributed by atoms with Crippen LogP contribution in [-0.4, -0.2) is 12.1 Å². The molecule has 1 aromatic heterocycles. The predicted molar refractivity (Wildman–Crippen MR) is 85.6 cm³/mol. The first kappa shape index (κ1) is 12.3. The van der Waals surface area contributed by atoms with Gasteiger partial charge in [0.2, 0.25) is 0 Å². The van der Waals surface area contributed by atoms with E-state index in [4.69, 9.17) is 4.74 Å². The molecule has 0 aliphatic heterocycles. The smallest absolute Gasteiger partial charge is 0.128 e. The van der Waals surface area contributed by atoms with E-state index in [9.17, 15) is 0 Å². The average molecular weight is 275 g/mol. The number of benzene rings is 2.